The molecule has 1 saturated heterocycles. The van der Waals surface area contributed by atoms with Crippen molar-refractivity contribution in [1.82, 2.24) is 15.1 Å². The van der Waals surface area contributed by atoms with Crippen LogP contribution in [-0.4, -0.2) is 65.2 Å². The minimum absolute atomic E-state index is 0.186. The average molecular weight is 257 g/mol. The number of amides is 2. The molecule has 0 unspecified atom stereocenters. The van der Waals surface area contributed by atoms with Crippen LogP contribution >= 0.6 is 0 Å². The number of carbonyl (C=O) groups excluding carboxylic acids is 1. The maximum atomic E-state index is 12.4. The summed E-state index contributed by atoms with van der Waals surface area (Å²) in [6.07, 6.45) is 0.900. The Kier molecular flexibility index (Phi) is 4.95. The Morgan fingerprint density at radius 1 is 1.28 bits per heavy atom. The number of carbonyl (C=O) groups is 2. The summed E-state index contributed by atoms with van der Waals surface area (Å²) in [5.41, 5.74) is -0.491. The van der Waals surface area contributed by atoms with Crippen LogP contribution < -0.4 is 5.32 Å². The summed E-state index contributed by atoms with van der Waals surface area (Å²) in [5.74, 6) is -0.980. The fourth-order valence-corrected chi connectivity index (χ4v) is 1.93. The second-order valence-electron chi connectivity index (χ2n) is 5.52. The van der Waals surface area contributed by atoms with Crippen molar-refractivity contribution >= 4 is 12.0 Å². The van der Waals surface area contributed by atoms with Gasteiger partial charge < -0.3 is 20.2 Å². The van der Waals surface area contributed by atoms with Crippen LogP contribution in [0.15, 0.2) is 0 Å². The fourth-order valence-electron chi connectivity index (χ4n) is 1.93. The first-order valence-corrected chi connectivity index (χ1v) is 6.31. The molecule has 0 aromatic carbocycles. The first kappa shape index (κ1) is 14.8. The van der Waals surface area contributed by atoms with E-state index in [-0.39, 0.29) is 12.6 Å². The van der Waals surface area contributed by atoms with Gasteiger partial charge in [-0.1, -0.05) is 0 Å². The standard InChI is InChI=1S/C12H23N3O3/c1-12(2,3)15(9-10(16)17)11(18)14-7-4-5-13-6-8-14/h13H,4-9H2,1-3H3,(H,16,17). The van der Waals surface area contributed by atoms with Gasteiger partial charge in [0.1, 0.15) is 6.54 Å². The van der Waals surface area contributed by atoms with Crippen molar-refractivity contribution < 1.29 is 14.7 Å². The summed E-state index contributed by atoms with van der Waals surface area (Å²) in [4.78, 5) is 26.4. The Morgan fingerprint density at radius 3 is 2.50 bits per heavy atom. The molecule has 0 bridgehead atoms. The molecule has 104 valence electrons. The minimum atomic E-state index is -0.980. The van der Waals surface area contributed by atoms with Gasteiger partial charge in [-0.15, -0.1) is 0 Å². The number of nitrogens with one attached hydrogen (secondary N) is 1. The van der Waals surface area contributed by atoms with Gasteiger partial charge in [0, 0.05) is 25.2 Å². The molecule has 0 saturated carbocycles. The first-order chi connectivity index (χ1) is 8.32. The van der Waals surface area contributed by atoms with E-state index in [1.54, 1.807) is 4.90 Å². The zero-order chi connectivity index (χ0) is 13.8. The van der Waals surface area contributed by atoms with E-state index < -0.39 is 11.5 Å². The molecular weight excluding hydrogens is 234 g/mol. The van der Waals surface area contributed by atoms with Gasteiger partial charge in [0.15, 0.2) is 0 Å². The summed E-state index contributed by atoms with van der Waals surface area (Å²) in [6.45, 7) is 8.27. The van der Waals surface area contributed by atoms with E-state index in [4.69, 9.17) is 5.11 Å². The van der Waals surface area contributed by atoms with E-state index in [0.29, 0.717) is 13.1 Å². The lowest BCUT2D eigenvalue weighted by molar-refractivity contribution is -0.138. The second kappa shape index (κ2) is 6.04. The van der Waals surface area contributed by atoms with Crippen LogP contribution in [0.3, 0.4) is 0 Å². The van der Waals surface area contributed by atoms with E-state index in [1.165, 1.54) is 4.90 Å². The molecule has 1 fully saturated rings. The Labute approximate surface area is 108 Å². The molecule has 0 aromatic heterocycles. The first-order valence-electron chi connectivity index (χ1n) is 6.31. The van der Waals surface area contributed by atoms with E-state index >= 15 is 0 Å². The van der Waals surface area contributed by atoms with Crippen molar-refractivity contribution in [3.05, 3.63) is 0 Å². The Balaban J connectivity index is 2.77. The summed E-state index contributed by atoms with van der Waals surface area (Å²) < 4.78 is 0. The highest BCUT2D eigenvalue weighted by molar-refractivity contribution is 5.81. The van der Waals surface area contributed by atoms with Crippen molar-refractivity contribution in [2.24, 2.45) is 0 Å². The summed E-state index contributed by atoms with van der Waals surface area (Å²) >= 11 is 0. The number of hydrogen-bond acceptors (Lipinski definition) is 3. The highest BCUT2D eigenvalue weighted by Crippen LogP contribution is 2.16. The van der Waals surface area contributed by atoms with Gasteiger partial charge in [-0.2, -0.15) is 0 Å². The fraction of sp³-hybridized carbons (Fsp3) is 0.833. The van der Waals surface area contributed by atoms with Crippen LogP contribution in [0.5, 0.6) is 0 Å². The van der Waals surface area contributed by atoms with Gasteiger partial charge in [-0.05, 0) is 33.7 Å². The largest absolute Gasteiger partial charge is 0.480 e. The zero-order valence-electron chi connectivity index (χ0n) is 11.4. The number of urea groups is 1. The molecule has 1 heterocycles. The molecule has 1 aliphatic heterocycles. The van der Waals surface area contributed by atoms with E-state index in [1.807, 2.05) is 20.8 Å². The van der Waals surface area contributed by atoms with Gasteiger partial charge >= 0.3 is 12.0 Å². The third-order valence-electron chi connectivity index (χ3n) is 2.94. The molecule has 6 nitrogen and oxygen atoms in total. The van der Waals surface area contributed by atoms with Gasteiger partial charge in [-0.25, -0.2) is 4.79 Å². The molecule has 0 spiro atoms. The normalized spacial score (nSPS) is 17.2. The predicted octanol–water partition coefficient (Wildman–Crippen LogP) is 0.587. The van der Waals surface area contributed by atoms with Gasteiger partial charge in [0.25, 0.3) is 0 Å². The van der Waals surface area contributed by atoms with Crippen molar-refractivity contribution in [1.29, 1.82) is 0 Å². The summed E-state index contributed by atoms with van der Waals surface area (Å²) in [7, 11) is 0. The number of nitrogens with zero attached hydrogens (tertiary/aromatic N) is 2. The SMILES string of the molecule is CC(C)(C)N(CC(=O)O)C(=O)N1CCCNCC1. The molecule has 1 rings (SSSR count). The molecule has 0 aliphatic carbocycles. The molecule has 0 atom stereocenters. The molecule has 0 aromatic rings. The molecular formula is C12H23N3O3. The van der Waals surface area contributed by atoms with Crippen LogP contribution in [0.2, 0.25) is 0 Å². The third-order valence-corrected chi connectivity index (χ3v) is 2.94. The van der Waals surface area contributed by atoms with Crippen LogP contribution in [0.1, 0.15) is 27.2 Å². The van der Waals surface area contributed by atoms with Crippen molar-refractivity contribution in [2.45, 2.75) is 32.7 Å². The molecule has 18 heavy (non-hydrogen) atoms. The smallest absolute Gasteiger partial charge is 0.323 e. The van der Waals surface area contributed by atoms with Crippen molar-refractivity contribution in [3.63, 3.8) is 0 Å². The molecule has 2 amide bonds. The topological polar surface area (TPSA) is 72.9 Å². The van der Waals surface area contributed by atoms with Gasteiger partial charge in [0.2, 0.25) is 0 Å². The predicted molar refractivity (Wildman–Crippen MR) is 68.6 cm³/mol. The Bertz CT molecular complexity index is 304. The van der Waals surface area contributed by atoms with Gasteiger partial charge in [-0.3, -0.25) is 4.79 Å². The highest BCUT2D eigenvalue weighted by Gasteiger charge is 2.31. The maximum absolute atomic E-state index is 12.4. The molecule has 6 heteroatoms. The van der Waals surface area contributed by atoms with E-state index in [2.05, 4.69) is 5.32 Å². The molecule has 2 N–H and O–H groups in total. The van der Waals surface area contributed by atoms with Gasteiger partial charge in [0.05, 0.1) is 0 Å². The quantitative estimate of drug-likeness (QED) is 0.759. The van der Waals surface area contributed by atoms with E-state index in [0.717, 1.165) is 19.5 Å². The molecule has 0 radical (unpaired) electrons. The minimum Gasteiger partial charge on any atom is -0.480 e. The number of aliphatic carboxylic acids is 1. The highest BCUT2D eigenvalue weighted by atomic mass is 16.4. The average Bonchev–Trinajstić information content (AvgIpc) is 2.51. The number of rotatable bonds is 2. The monoisotopic (exact) mass is 257 g/mol. The Hall–Kier alpha value is -1.30. The van der Waals surface area contributed by atoms with E-state index in [9.17, 15) is 9.59 Å². The lowest BCUT2D eigenvalue weighted by Crippen LogP contribution is -2.54. The van der Waals surface area contributed by atoms with Crippen molar-refractivity contribution in [3.8, 4) is 0 Å². The van der Waals surface area contributed by atoms with Crippen molar-refractivity contribution in [2.75, 3.05) is 32.7 Å². The lowest BCUT2D eigenvalue weighted by atomic mass is 10.1. The van der Waals surface area contributed by atoms with Crippen LogP contribution in [-0.2, 0) is 4.79 Å². The molecule has 1 aliphatic rings. The summed E-state index contributed by atoms with van der Waals surface area (Å²) in [5, 5.41) is 12.1. The van der Waals surface area contributed by atoms with Crippen LogP contribution in [0.25, 0.3) is 0 Å². The second-order valence-corrected chi connectivity index (χ2v) is 5.52. The lowest BCUT2D eigenvalue weighted by Gasteiger charge is -2.38. The maximum Gasteiger partial charge on any atom is 0.323 e. The third kappa shape index (κ3) is 4.18. The summed E-state index contributed by atoms with van der Waals surface area (Å²) in [6, 6.07) is -0.186. The van der Waals surface area contributed by atoms with Crippen LogP contribution in [0, 0.1) is 0 Å². The Morgan fingerprint density at radius 2 is 1.94 bits per heavy atom. The number of carboxylic acids is 1. The zero-order valence-corrected chi connectivity index (χ0v) is 11.4. The number of hydrogen-bond donors (Lipinski definition) is 2. The number of carboxylic acid groups (broad SMARTS) is 1. The van der Waals surface area contributed by atoms with Crippen LogP contribution in [0.4, 0.5) is 4.79 Å².